The van der Waals surface area contributed by atoms with Crippen LogP contribution in [0.1, 0.15) is 10.6 Å². The fourth-order valence-electron chi connectivity index (χ4n) is 1.02. The van der Waals surface area contributed by atoms with E-state index >= 15 is 0 Å². The molecule has 0 fully saturated rings. The number of carbonyl (C=O) groups is 1. The predicted octanol–water partition coefficient (Wildman–Crippen LogP) is -3.25. The molecule has 66 valence electrons. The third-order valence-corrected chi connectivity index (χ3v) is 1.86. The number of halogens is 1. The summed E-state index contributed by atoms with van der Waals surface area (Å²) in [6, 6.07) is 3.20. The average Bonchev–Trinajstić information content (AvgIpc) is 2.48. The Morgan fingerprint density at radius 1 is 1.50 bits per heavy atom. The van der Waals surface area contributed by atoms with E-state index in [1.165, 1.54) is 10.6 Å². The summed E-state index contributed by atoms with van der Waals surface area (Å²) in [5, 5.41) is 17.9. The number of pyridine rings is 1. The van der Waals surface area contributed by atoms with Crippen LogP contribution in [0, 0.1) is 0 Å². The van der Waals surface area contributed by atoms with Gasteiger partial charge < -0.3 is 9.90 Å². The van der Waals surface area contributed by atoms with Crippen molar-refractivity contribution < 1.29 is 39.5 Å². The quantitative estimate of drug-likeness (QED) is 0.473. The van der Waals surface area contributed by atoms with Gasteiger partial charge in [-0.1, -0.05) is 11.6 Å². The van der Waals surface area contributed by atoms with Gasteiger partial charge in [0.15, 0.2) is 11.5 Å². The van der Waals surface area contributed by atoms with Gasteiger partial charge in [-0.3, -0.25) is 4.40 Å². The van der Waals surface area contributed by atoms with Gasteiger partial charge in [-0.15, -0.1) is 10.2 Å². The molecular formula is C7H3ClN3NaO2. The molecule has 0 spiro atoms. The smallest absolute Gasteiger partial charge is 0.541 e. The van der Waals surface area contributed by atoms with Gasteiger partial charge >= 0.3 is 29.6 Å². The van der Waals surface area contributed by atoms with Crippen LogP contribution in [0.15, 0.2) is 18.3 Å². The van der Waals surface area contributed by atoms with Crippen molar-refractivity contribution in [3.8, 4) is 0 Å². The predicted molar refractivity (Wildman–Crippen MR) is 42.3 cm³/mol. The van der Waals surface area contributed by atoms with Crippen LogP contribution >= 0.6 is 11.6 Å². The first-order valence-corrected chi connectivity index (χ1v) is 3.78. The van der Waals surface area contributed by atoms with Crippen molar-refractivity contribution in [2.75, 3.05) is 0 Å². The van der Waals surface area contributed by atoms with Gasteiger partial charge in [0.1, 0.15) is 5.97 Å². The van der Waals surface area contributed by atoms with Gasteiger partial charge in [-0.25, -0.2) is 0 Å². The molecule has 5 nitrogen and oxygen atoms in total. The number of rotatable bonds is 1. The van der Waals surface area contributed by atoms with E-state index in [9.17, 15) is 9.90 Å². The number of carboxylic acid groups (broad SMARTS) is 1. The Morgan fingerprint density at radius 2 is 2.21 bits per heavy atom. The second-order valence-corrected chi connectivity index (χ2v) is 2.77. The first kappa shape index (κ1) is 11.5. The van der Waals surface area contributed by atoms with Crippen LogP contribution in [-0.2, 0) is 0 Å². The second-order valence-electron chi connectivity index (χ2n) is 2.36. The number of carboxylic acids is 1. The van der Waals surface area contributed by atoms with Crippen LogP contribution in [0.3, 0.4) is 0 Å². The number of nitrogens with zero attached hydrogens (tertiary/aromatic N) is 3. The number of hydrogen-bond donors (Lipinski definition) is 0. The summed E-state index contributed by atoms with van der Waals surface area (Å²) in [6.45, 7) is 0. The summed E-state index contributed by atoms with van der Waals surface area (Å²) in [7, 11) is 0. The zero-order valence-electron chi connectivity index (χ0n) is 7.27. The van der Waals surface area contributed by atoms with Gasteiger partial charge in [0.05, 0.1) is 5.02 Å². The van der Waals surface area contributed by atoms with Crippen molar-refractivity contribution in [1.29, 1.82) is 0 Å². The summed E-state index contributed by atoms with van der Waals surface area (Å²) < 4.78 is 1.26. The monoisotopic (exact) mass is 219 g/mol. The molecule has 0 radical (unpaired) electrons. The number of hydrogen-bond acceptors (Lipinski definition) is 4. The topological polar surface area (TPSA) is 70.3 Å². The van der Waals surface area contributed by atoms with E-state index in [4.69, 9.17) is 11.6 Å². The Bertz CT molecular complexity index is 485. The summed E-state index contributed by atoms with van der Waals surface area (Å²) >= 11 is 5.74. The van der Waals surface area contributed by atoms with E-state index in [0.717, 1.165) is 0 Å². The normalized spacial score (nSPS) is 9.79. The molecule has 14 heavy (non-hydrogen) atoms. The fourth-order valence-corrected chi connectivity index (χ4v) is 1.22. The molecule has 0 aliphatic carbocycles. The van der Waals surface area contributed by atoms with Crippen molar-refractivity contribution >= 4 is 23.2 Å². The standard InChI is InChI=1S/C7H4ClN3O2.Na/c8-4-2-1-3-11-5(4)9-10-6(11)7(12)13;/h1-3H,(H,12,13);/q;+1/p-1. The maximum atomic E-state index is 10.5. The Morgan fingerprint density at radius 3 is 2.86 bits per heavy atom. The summed E-state index contributed by atoms with van der Waals surface area (Å²) in [5.74, 6) is -1.63. The molecule has 0 amide bonds. The van der Waals surface area contributed by atoms with Crippen LogP contribution in [0.4, 0.5) is 0 Å². The van der Waals surface area contributed by atoms with Crippen LogP contribution < -0.4 is 34.7 Å². The van der Waals surface area contributed by atoms with E-state index < -0.39 is 5.97 Å². The first-order chi connectivity index (χ1) is 6.20. The Hall–Kier alpha value is -0.620. The van der Waals surface area contributed by atoms with Crippen LogP contribution in [-0.4, -0.2) is 20.6 Å². The zero-order valence-corrected chi connectivity index (χ0v) is 10.0. The molecule has 2 heterocycles. The zero-order chi connectivity index (χ0) is 9.42. The number of aromatic nitrogens is 3. The van der Waals surface area contributed by atoms with Gasteiger partial charge in [-0.2, -0.15) is 0 Å². The molecule has 0 saturated heterocycles. The maximum Gasteiger partial charge on any atom is 1.00 e. The molecule has 0 N–H and O–H groups in total. The minimum absolute atomic E-state index is 0. The Labute approximate surface area is 106 Å². The molecule has 0 atom stereocenters. The summed E-state index contributed by atoms with van der Waals surface area (Å²) in [6.07, 6.45) is 1.51. The third kappa shape index (κ3) is 1.76. The largest absolute Gasteiger partial charge is 1.00 e. The van der Waals surface area contributed by atoms with Crippen molar-refractivity contribution in [2.45, 2.75) is 0 Å². The van der Waals surface area contributed by atoms with Gasteiger partial charge in [-0.05, 0) is 12.1 Å². The molecular weight excluding hydrogens is 217 g/mol. The van der Waals surface area contributed by atoms with Gasteiger partial charge in [0.2, 0.25) is 0 Å². The van der Waals surface area contributed by atoms with E-state index in [1.54, 1.807) is 12.1 Å². The molecule has 0 saturated carbocycles. The third-order valence-electron chi connectivity index (χ3n) is 1.57. The first-order valence-electron chi connectivity index (χ1n) is 3.41. The minimum atomic E-state index is -1.38. The van der Waals surface area contributed by atoms with Crippen molar-refractivity contribution in [1.82, 2.24) is 14.6 Å². The van der Waals surface area contributed by atoms with Crippen molar-refractivity contribution in [2.24, 2.45) is 0 Å². The molecule has 0 aliphatic rings. The molecule has 0 unspecified atom stereocenters. The fraction of sp³-hybridized carbons (Fsp3) is 0. The molecule has 0 aliphatic heterocycles. The molecule has 2 aromatic heterocycles. The van der Waals surface area contributed by atoms with Crippen LogP contribution in [0.5, 0.6) is 0 Å². The van der Waals surface area contributed by atoms with E-state index in [0.29, 0.717) is 10.7 Å². The minimum Gasteiger partial charge on any atom is -0.541 e. The average molecular weight is 220 g/mol. The molecule has 2 aromatic rings. The number of aromatic carboxylic acids is 1. The van der Waals surface area contributed by atoms with Crippen molar-refractivity contribution in [3.05, 3.63) is 29.2 Å². The van der Waals surface area contributed by atoms with Gasteiger partial charge in [0.25, 0.3) is 0 Å². The van der Waals surface area contributed by atoms with E-state index in [2.05, 4.69) is 10.2 Å². The molecule has 0 bridgehead atoms. The Kier molecular flexibility index (Phi) is 3.49. The Balaban J connectivity index is 0.000000980. The van der Waals surface area contributed by atoms with Crippen LogP contribution in [0.25, 0.3) is 5.65 Å². The van der Waals surface area contributed by atoms with E-state index in [-0.39, 0.29) is 35.4 Å². The molecule has 0 aromatic carbocycles. The van der Waals surface area contributed by atoms with E-state index in [1.807, 2.05) is 0 Å². The molecule has 7 heteroatoms. The van der Waals surface area contributed by atoms with Crippen molar-refractivity contribution in [3.63, 3.8) is 0 Å². The number of carbonyl (C=O) groups excluding carboxylic acids is 1. The molecule has 2 rings (SSSR count). The maximum absolute atomic E-state index is 10.5. The van der Waals surface area contributed by atoms with Crippen LogP contribution in [0.2, 0.25) is 5.02 Å². The van der Waals surface area contributed by atoms with Gasteiger partial charge in [0, 0.05) is 6.20 Å². The summed E-state index contributed by atoms with van der Waals surface area (Å²) in [5.41, 5.74) is 0.309. The summed E-state index contributed by atoms with van der Waals surface area (Å²) in [4.78, 5) is 10.5. The SMILES string of the molecule is O=C([O-])c1nnc2c(Cl)cccn12.[Na+]. The second kappa shape index (κ2) is 4.27. The number of fused-ring (bicyclic) bond motifs is 1.